The lowest BCUT2D eigenvalue weighted by Gasteiger charge is -2.14. The zero-order valence-corrected chi connectivity index (χ0v) is 12.7. The highest BCUT2D eigenvalue weighted by Crippen LogP contribution is 2.24. The summed E-state index contributed by atoms with van der Waals surface area (Å²) in [5.41, 5.74) is 1.22. The Labute approximate surface area is 128 Å². The van der Waals surface area contributed by atoms with Gasteiger partial charge in [-0.2, -0.15) is 0 Å². The maximum Gasteiger partial charge on any atom is 0.255 e. The van der Waals surface area contributed by atoms with Gasteiger partial charge in [0.05, 0.1) is 32.4 Å². The largest absolute Gasteiger partial charge is 0.497 e. The first-order valence-electron chi connectivity index (χ1n) is 6.69. The maximum atomic E-state index is 12.0. The van der Waals surface area contributed by atoms with Gasteiger partial charge in [0.15, 0.2) is 6.10 Å². The standard InChI is InChI=1S/C15H19N3O4/c1-18-9-16-8-12(18)14(19)15(20)17-7-10-4-5-11(21-2)6-13(10)22-3/h4-6,8-9,14,19H,7H2,1-3H3,(H,17,20). The molecule has 1 amide bonds. The van der Waals surface area contributed by atoms with Crippen LogP contribution in [0.25, 0.3) is 0 Å². The molecule has 0 radical (unpaired) electrons. The highest BCUT2D eigenvalue weighted by Gasteiger charge is 2.20. The summed E-state index contributed by atoms with van der Waals surface area (Å²) in [7, 11) is 4.83. The van der Waals surface area contributed by atoms with Crippen LogP contribution in [-0.4, -0.2) is 34.8 Å². The van der Waals surface area contributed by atoms with Crippen molar-refractivity contribution >= 4 is 5.91 Å². The summed E-state index contributed by atoms with van der Waals surface area (Å²) in [4.78, 5) is 15.9. The van der Waals surface area contributed by atoms with Crippen LogP contribution in [0, 0.1) is 0 Å². The molecule has 1 atom stereocenters. The van der Waals surface area contributed by atoms with Crippen LogP contribution in [0.5, 0.6) is 11.5 Å². The number of hydrogen-bond donors (Lipinski definition) is 2. The molecule has 7 nitrogen and oxygen atoms in total. The molecule has 0 spiro atoms. The number of aliphatic hydroxyl groups is 1. The van der Waals surface area contributed by atoms with E-state index < -0.39 is 12.0 Å². The molecule has 0 fully saturated rings. The molecule has 2 aromatic rings. The highest BCUT2D eigenvalue weighted by molar-refractivity contribution is 5.81. The number of aliphatic hydroxyl groups excluding tert-OH is 1. The van der Waals surface area contributed by atoms with Crippen molar-refractivity contribution in [2.24, 2.45) is 7.05 Å². The third kappa shape index (κ3) is 3.37. The number of amides is 1. The quantitative estimate of drug-likeness (QED) is 0.824. The summed E-state index contributed by atoms with van der Waals surface area (Å²) in [6.07, 6.45) is 1.72. The molecule has 1 unspecified atom stereocenters. The number of ether oxygens (including phenoxy) is 2. The number of benzene rings is 1. The number of methoxy groups -OCH3 is 2. The SMILES string of the molecule is COc1ccc(CNC(=O)C(O)c2cncn2C)c(OC)c1. The summed E-state index contributed by atoms with van der Waals surface area (Å²) in [5.74, 6) is 0.776. The van der Waals surface area contributed by atoms with E-state index in [0.717, 1.165) is 5.56 Å². The highest BCUT2D eigenvalue weighted by atomic mass is 16.5. The number of aromatic nitrogens is 2. The molecule has 1 aromatic carbocycles. The lowest BCUT2D eigenvalue weighted by Crippen LogP contribution is -2.29. The van der Waals surface area contributed by atoms with E-state index in [4.69, 9.17) is 9.47 Å². The smallest absolute Gasteiger partial charge is 0.255 e. The topological polar surface area (TPSA) is 85.6 Å². The van der Waals surface area contributed by atoms with Gasteiger partial charge in [-0.1, -0.05) is 0 Å². The maximum absolute atomic E-state index is 12.0. The van der Waals surface area contributed by atoms with Gasteiger partial charge >= 0.3 is 0 Å². The number of hydrogen-bond acceptors (Lipinski definition) is 5. The third-order valence-electron chi connectivity index (χ3n) is 3.33. The Morgan fingerprint density at radius 3 is 2.77 bits per heavy atom. The van der Waals surface area contributed by atoms with Gasteiger partial charge in [0.1, 0.15) is 11.5 Å². The van der Waals surface area contributed by atoms with Crippen molar-refractivity contribution in [1.82, 2.24) is 14.9 Å². The molecule has 22 heavy (non-hydrogen) atoms. The van der Waals surface area contributed by atoms with E-state index in [1.807, 2.05) is 0 Å². The lowest BCUT2D eigenvalue weighted by molar-refractivity contribution is -0.130. The molecule has 0 aliphatic rings. The molecule has 118 valence electrons. The minimum atomic E-state index is -1.27. The summed E-state index contributed by atoms with van der Waals surface area (Å²) in [6.45, 7) is 0.237. The number of carbonyl (C=O) groups is 1. The fourth-order valence-corrected chi connectivity index (χ4v) is 2.04. The van der Waals surface area contributed by atoms with Crippen molar-refractivity contribution in [1.29, 1.82) is 0 Å². The molecule has 2 N–H and O–H groups in total. The minimum Gasteiger partial charge on any atom is -0.497 e. The van der Waals surface area contributed by atoms with Gasteiger partial charge in [-0.05, 0) is 12.1 Å². The average molecular weight is 305 g/mol. The van der Waals surface area contributed by atoms with E-state index in [1.54, 1.807) is 44.0 Å². The second-order valence-corrected chi connectivity index (χ2v) is 4.73. The zero-order valence-electron chi connectivity index (χ0n) is 12.7. The van der Waals surface area contributed by atoms with Crippen molar-refractivity contribution in [3.63, 3.8) is 0 Å². The molecular formula is C15H19N3O4. The second kappa shape index (κ2) is 6.95. The molecule has 1 aromatic heterocycles. The molecule has 7 heteroatoms. The Morgan fingerprint density at radius 2 is 2.18 bits per heavy atom. The van der Waals surface area contributed by atoms with Crippen LogP contribution >= 0.6 is 0 Å². The van der Waals surface area contributed by atoms with Crippen LogP contribution in [0.4, 0.5) is 0 Å². The van der Waals surface area contributed by atoms with Crippen LogP contribution in [0.2, 0.25) is 0 Å². The van der Waals surface area contributed by atoms with E-state index in [2.05, 4.69) is 10.3 Å². The minimum absolute atomic E-state index is 0.237. The Kier molecular flexibility index (Phi) is 5.00. The summed E-state index contributed by atoms with van der Waals surface area (Å²) in [6, 6.07) is 5.31. The van der Waals surface area contributed by atoms with Crippen LogP contribution < -0.4 is 14.8 Å². The summed E-state index contributed by atoms with van der Waals surface area (Å²) >= 11 is 0. The molecular weight excluding hydrogens is 286 g/mol. The fourth-order valence-electron chi connectivity index (χ4n) is 2.04. The van der Waals surface area contributed by atoms with Gasteiger partial charge in [0, 0.05) is 25.2 Å². The first-order chi connectivity index (χ1) is 10.6. The third-order valence-corrected chi connectivity index (χ3v) is 3.33. The van der Waals surface area contributed by atoms with Gasteiger partial charge in [-0.15, -0.1) is 0 Å². The van der Waals surface area contributed by atoms with Crippen LogP contribution in [0.15, 0.2) is 30.7 Å². The molecule has 0 bridgehead atoms. The van der Waals surface area contributed by atoms with Crippen molar-refractivity contribution in [2.75, 3.05) is 14.2 Å². The second-order valence-electron chi connectivity index (χ2n) is 4.73. The number of aryl methyl sites for hydroxylation is 1. The van der Waals surface area contributed by atoms with Crippen LogP contribution in [0.3, 0.4) is 0 Å². The van der Waals surface area contributed by atoms with E-state index >= 15 is 0 Å². The summed E-state index contributed by atoms with van der Waals surface area (Å²) < 4.78 is 12.0. The first-order valence-corrected chi connectivity index (χ1v) is 6.69. The lowest BCUT2D eigenvalue weighted by atomic mass is 10.1. The van der Waals surface area contributed by atoms with Gasteiger partial charge < -0.3 is 24.5 Å². The summed E-state index contributed by atoms with van der Waals surface area (Å²) in [5, 5.41) is 12.7. The normalized spacial score (nSPS) is 11.8. The number of rotatable bonds is 6. The first kappa shape index (κ1) is 15.8. The Bertz CT molecular complexity index is 654. The van der Waals surface area contributed by atoms with Crippen molar-refractivity contribution in [3.8, 4) is 11.5 Å². The molecule has 0 aliphatic heterocycles. The molecule has 2 rings (SSSR count). The van der Waals surface area contributed by atoms with Gasteiger partial charge in [-0.3, -0.25) is 4.79 Å². The van der Waals surface area contributed by atoms with Gasteiger partial charge in [-0.25, -0.2) is 4.98 Å². The number of nitrogens with zero attached hydrogens (tertiary/aromatic N) is 2. The monoisotopic (exact) mass is 305 g/mol. The molecule has 0 saturated carbocycles. The molecule has 1 heterocycles. The van der Waals surface area contributed by atoms with Crippen LogP contribution in [-0.2, 0) is 18.4 Å². The Balaban J connectivity index is 2.03. The zero-order chi connectivity index (χ0) is 16.1. The van der Waals surface area contributed by atoms with Gasteiger partial charge in [0.25, 0.3) is 5.91 Å². The predicted molar refractivity (Wildman–Crippen MR) is 79.6 cm³/mol. The number of nitrogens with one attached hydrogen (secondary N) is 1. The van der Waals surface area contributed by atoms with E-state index in [1.165, 1.54) is 12.5 Å². The van der Waals surface area contributed by atoms with Crippen molar-refractivity contribution in [3.05, 3.63) is 42.0 Å². The van der Waals surface area contributed by atoms with E-state index in [9.17, 15) is 9.90 Å². The van der Waals surface area contributed by atoms with Gasteiger partial charge in [0.2, 0.25) is 0 Å². The Hall–Kier alpha value is -2.54. The molecule has 0 saturated heterocycles. The van der Waals surface area contributed by atoms with E-state index in [0.29, 0.717) is 17.2 Å². The molecule has 0 aliphatic carbocycles. The number of imidazole rings is 1. The predicted octanol–water partition coefficient (Wildman–Crippen LogP) is 0.787. The van der Waals surface area contributed by atoms with Crippen molar-refractivity contribution < 1.29 is 19.4 Å². The Morgan fingerprint density at radius 1 is 1.41 bits per heavy atom. The van der Waals surface area contributed by atoms with E-state index in [-0.39, 0.29) is 6.54 Å². The van der Waals surface area contributed by atoms with Crippen LogP contribution in [0.1, 0.15) is 17.4 Å². The van der Waals surface area contributed by atoms with Crippen molar-refractivity contribution in [2.45, 2.75) is 12.6 Å². The fraction of sp³-hybridized carbons (Fsp3) is 0.333. The number of carbonyl (C=O) groups excluding carboxylic acids is 1. The average Bonchev–Trinajstić information content (AvgIpc) is 2.97.